The Balaban J connectivity index is 1.87. The quantitative estimate of drug-likeness (QED) is 0.839. The van der Waals surface area contributed by atoms with Crippen molar-refractivity contribution < 1.29 is 19.0 Å². The molecule has 5 heteroatoms. The summed E-state index contributed by atoms with van der Waals surface area (Å²) in [4.78, 5) is 12.2. The number of nitrogens with one attached hydrogen (secondary N) is 1. The lowest BCUT2D eigenvalue weighted by Crippen LogP contribution is -2.35. The molecule has 0 saturated carbocycles. The van der Waals surface area contributed by atoms with Gasteiger partial charge in [-0.1, -0.05) is 13.0 Å². The normalized spacial score (nSPS) is 18.8. The summed E-state index contributed by atoms with van der Waals surface area (Å²) in [7, 11) is 3.22. The molecule has 1 aromatic carbocycles. The predicted molar refractivity (Wildman–Crippen MR) is 84.4 cm³/mol. The summed E-state index contributed by atoms with van der Waals surface area (Å²) in [6.07, 6.45) is 2.96. The fourth-order valence-corrected chi connectivity index (χ4v) is 2.65. The maximum atomic E-state index is 12.2. The van der Waals surface area contributed by atoms with Crippen LogP contribution in [0.2, 0.25) is 0 Å². The third-order valence-electron chi connectivity index (χ3n) is 3.97. The van der Waals surface area contributed by atoms with Crippen molar-refractivity contribution in [3.8, 4) is 11.5 Å². The second-order valence-electron chi connectivity index (χ2n) is 5.67. The number of carbonyl (C=O) groups excluding carboxylic acids is 1. The molecule has 1 fully saturated rings. The van der Waals surface area contributed by atoms with Gasteiger partial charge in [0.25, 0.3) is 0 Å². The van der Waals surface area contributed by atoms with Gasteiger partial charge in [-0.25, -0.2) is 0 Å². The molecule has 1 saturated heterocycles. The SMILES string of the molecule is COc1ccc(CC(C)C(=O)NCC2CCCO2)cc1OC. The summed E-state index contributed by atoms with van der Waals surface area (Å²) in [6, 6.07) is 5.75. The van der Waals surface area contributed by atoms with Crippen molar-refractivity contribution in [1.82, 2.24) is 5.32 Å². The van der Waals surface area contributed by atoms with Crippen LogP contribution in [0.25, 0.3) is 0 Å². The molecule has 0 spiro atoms. The average molecular weight is 307 g/mol. The Morgan fingerprint density at radius 1 is 1.36 bits per heavy atom. The van der Waals surface area contributed by atoms with Crippen LogP contribution < -0.4 is 14.8 Å². The van der Waals surface area contributed by atoms with E-state index < -0.39 is 0 Å². The fraction of sp³-hybridized carbons (Fsp3) is 0.588. The Kier molecular flexibility index (Phi) is 6.07. The van der Waals surface area contributed by atoms with Gasteiger partial charge in [0.15, 0.2) is 11.5 Å². The Morgan fingerprint density at radius 3 is 2.77 bits per heavy atom. The smallest absolute Gasteiger partial charge is 0.223 e. The third kappa shape index (κ3) is 4.37. The highest BCUT2D eigenvalue weighted by Crippen LogP contribution is 2.28. The van der Waals surface area contributed by atoms with Crippen LogP contribution in [0.4, 0.5) is 0 Å². The second kappa shape index (κ2) is 8.03. The van der Waals surface area contributed by atoms with Crippen molar-refractivity contribution in [2.24, 2.45) is 5.92 Å². The van der Waals surface area contributed by atoms with E-state index in [1.54, 1.807) is 14.2 Å². The predicted octanol–water partition coefficient (Wildman–Crippen LogP) is 2.18. The van der Waals surface area contributed by atoms with E-state index in [-0.39, 0.29) is 17.9 Å². The molecule has 1 heterocycles. The minimum absolute atomic E-state index is 0.0604. The van der Waals surface area contributed by atoms with Gasteiger partial charge in [0.2, 0.25) is 5.91 Å². The lowest BCUT2D eigenvalue weighted by molar-refractivity contribution is -0.125. The molecule has 122 valence electrons. The summed E-state index contributed by atoms with van der Waals surface area (Å²) in [6.45, 7) is 3.35. The Bertz CT molecular complexity index is 497. The maximum Gasteiger partial charge on any atom is 0.223 e. The van der Waals surface area contributed by atoms with Gasteiger partial charge in [-0.15, -0.1) is 0 Å². The van der Waals surface area contributed by atoms with E-state index in [0.29, 0.717) is 24.5 Å². The summed E-state index contributed by atoms with van der Waals surface area (Å²) in [5, 5.41) is 2.98. The number of amides is 1. The number of hydrogen-bond donors (Lipinski definition) is 1. The largest absolute Gasteiger partial charge is 0.493 e. The standard InChI is InChI=1S/C17H25NO4/c1-12(17(19)18-11-14-5-4-8-22-14)9-13-6-7-15(20-2)16(10-13)21-3/h6-7,10,12,14H,4-5,8-9,11H2,1-3H3,(H,18,19). The van der Waals surface area contributed by atoms with Crippen molar-refractivity contribution in [1.29, 1.82) is 0 Å². The molecule has 2 unspecified atom stereocenters. The fourth-order valence-electron chi connectivity index (χ4n) is 2.65. The van der Waals surface area contributed by atoms with Crippen LogP contribution in [0, 0.1) is 5.92 Å². The van der Waals surface area contributed by atoms with Crippen LogP contribution in [0.5, 0.6) is 11.5 Å². The number of methoxy groups -OCH3 is 2. The molecule has 0 aliphatic carbocycles. The zero-order valence-corrected chi connectivity index (χ0v) is 13.6. The van der Waals surface area contributed by atoms with Crippen LogP contribution in [0.15, 0.2) is 18.2 Å². The van der Waals surface area contributed by atoms with Gasteiger partial charge in [0.05, 0.1) is 20.3 Å². The molecule has 2 atom stereocenters. The summed E-state index contributed by atoms with van der Waals surface area (Å²) >= 11 is 0. The Morgan fingerprint density at radius 2 is 2.14 bits per heavy atom. The molecule has 1 aliphatic heterocycles. The van der Waals surface area contributed by atoms with Crippen LogP contribution in [0.1, 0.15) is 25.3 Å². The van der Waals surface area contributed by atoms with E-state index in [1.807, 2.05) is 25.1 Å². The highest BCUT2D eigenvalue weighted by molar-refractivity contribution is 5.78. The molecular formula is C17H25NO4. The maximum absolute atomic E-state index is 12.2. The first-order valence-corrected chi connectivity index (χ1v) is 7.74. The summed E-state index contributed by atoms with van der Waals surface area (Å²) in [5.41, 5.74) is 1.05. The van der Waals surface area contributed by atoms with E-state index in [9.17, 15) is 4.79 Å². The van der Waals surface area contributed by atoms with Crippen LogP contribution in [-0.2, 0) is 16.0 Å². The third-order valence-corrected chi connectivity index (χ3v) is 3.97. The van der Waals surface area contributed by atoms with Gasteiger partial charge >= 0.3 is 0 Å². The topological polar surface area (TPSA) is 56.8 Å². The van der Waals surface area contributed by atoms with E-state index in [1.165, 1.54) is 0 Å². The van der Waals surface area contributed by atoms with Crippen molar-refractivity contribution in [2.45, 2.75) is 32.3 Å². The first kappa shape index (κ1) is 16.6. The molecule has 22 heavy (non-hydrogen) atoms. The highest BCUT2D eigenvalue weighted by Gasteiger charge is 2.19. The molecule has 1 aliphatic rings. The van der Waals surface area contributed by atoms with Crippen molar-refractivity contribution >= 4 is 5.91 Å². The first-order valence-electron chi connectivity index (χ1n) is 7.74. The number of benzene rings is 1. The highest BCUT2D eigenvalue weighted by atomic mass is 16.5. The Hall–Kier alpha value is -1.75. The van der Waals surface area contributed by atoms with Gasteiger partial charge in [-0.05, 0) is 37.0 Å². The molecule has 1 amide bonds. The Labute approximate surface area is 131 Å². The zero-order valence-electron chi connectivity index (χ0n) is 13.6. The van der Waals surface area contributed by atoms with Crippen molar-refractivity contribution in [2.75, 3.05) is 27.4 Å². The van der Waals surface area contributed by atoms with E-state index in [0.717, 1.165) is 25.0 Å². The minimum atomic E-state index is -0.0977. The van der Waals surface area contributed by atoms with E-state index in [4.69, 9.17) is 14.2 Å². The molecule has 0 radical (unpaired) electrons. The van der Waals surface area contributed by atoms with Crippen molar-refractivity contribution in [3.05, 3.63) is 23.8 Å². The summed E-state index contributed by atoms with van der Waals surface area (Å²) in [5.74, 6) is 1.35. The molecule has 5 nitrogen and oxygen atoms in total. The molecule has 0 bridgehead atoms. The van der Waals surface area contributed by atoms with E-state index >= 15 is 0 Å². The number of rotatable bonds is 7. The summed E-state index contributed by atoms with van der Waals surface area (Å²) < 4.78 is 16.0. The average Bonchev–Trinajstić information content (AvgIpc) is 3.05. The number of carbonyl (C=O) groups is 1. The lowest BCUT2D eigenvalue weighted by atomic mass is 10.00. The first-order chi connectivity index (χ1) is 10.6. The number of ether oxygens (including phenoxy) is 3. The van der Waals surface area contributed by atoms with Crippen molar-refractivity contribution in [3.63, 3.8) is 0 Å². The van der Waals surface area contributed by atoms with Gasteiger partial charge in [-0.2, -0.15) is 0 Å². The molecule has 0 aromatic heterocycles. The van der Waals surface area contributed by atoms with Gasteiger partial charge < -0.3 is 19.5 Å². The molecule has 2 rings (SSSR count). The molecular weight excluding hydrogens is 282 g/mol. The molecule has 1 N–H and O–H groups in total. The zero-order chi connectivity index (χ0) is 15.9. The number of hydrogen-bond acceptors (Lipinski definition) is 4. The van der Waals surface area contributed by atoms with Crippen LogP contribution in [-0.4, -0.2) is 39.4 Å². The van der Waals surface area contributed by atoms with Gasteiger partial charge in [-0.3, -0.25) is 4.79 Å². The van der Waals surface area contributed by atoms with E-state index in [2.05, 4.69) is 5.32 Å². The monoisotopic (exact) mass is 307 g/mol. The van der Waals surface area contributed by atoms with Crippen LogP contribution in [0.3, 0.4) is 0 Å². The van der Waals surface area contributed by atoms with Gasteiger partial charge in [0.1, 0.15) is 0 Å². The van der Waals surface area contributed by atoms with Crippen LogP contribution >= 0.6 is 0 Å². The van der Waals surface area contributed by atoms with Gasteiger partial charge in [0, 0.05) is 19.1 Å². The minimum Gasteiger partial charge on any atom is -0.493 e. The lowest BCUT2D eigenvalue weighted by Gasteiger charge is -2.16. The molecule has 1 aromatic rings. The second-order valence-corrected chi connectivity index (χ2v) is 5.67.